The third kappa shape index (κ3) is 3.80. The van der Waals surface area contributed by atoms with E-state index in [0.717, 1.165) is 10.5 Å². The lowest BCUT2D eigenvalue weighted by Gasteiger charge is -2.02. The van der Waals surface area contributed by atoms with E-state index in [4.69, 9.17) is 17.3 Å². The zero-order valence-electron chi connectivity index (χ0n) is 13.2. The second-order valence-electron chi connectivity index (χ2n) is 5.01. The van der Waals surface area contributed by atoms with Crippen molar-refractivity contribution < 1.29 is 4.79 Å². The molecule has 25 heavy (non-hydrogen) atoms. The van der Waals surface area contributed by atoms with E-state index in [1.807, 2.05) is 30.3 Å². The number of carbonyl (C=O) groups excluding carboxylic acids is 1. The van der Waals surface area contributed by atoms with Gasteiger partial charge >= 0.3 is 0 Å². The fourth-order valence-corrected chi connectivity index (χ4v) is 2.37. The number of hydrogen-bond donors (Lipinski definition) is 2. The Balaban J connectivity index is 1.69. The number of nitrogen functional groups attached to an aromatic ring is 1. The summed E-state index contributed by atoms with van der Waals surface area (Å²) in [6, 6.07) is 9.46. The van der Waals surface area contributed by atoms with Crippen molar-refractivity contribution in [3.05, 3.63) is 46.7 Å². The van der Waals surface area contributed by atoms with Crippen molar-refractivity contribution in [1.82, 2.24) is 35.4 Å². The van der Waals surface area contributed by atoms with Crippen molar-refractivity contribution in [2.45, 2.75) is 13.5 Å². The molecule has 128 valence electrons. The first-order chi connectivity index (χ1) is 12.0. The summed E-state index contributed by atoms with van der Waals surface area (Å²) in [5.74, 6) is -0.440. The minimum absolute atomic E-state index is 0.00738. The number of rotatable bonds is 5. The van der Waals surface area contributed by atoms with Crippen LogP contribution in [0.5, 0.6) is 0 Å². The Morgan fingerprint density at radius 1 is 1.36 bits per heavy atom. The van der Waals surface area contributed by atoms with Gasteiger partial charge in [-0.2, -0.15) is 15.0 Å². The monoisotopic (exact) mass is 359 g/mol. The molecule has 0 spiro atoms. The van der Waals surface area contributed by atoms with Gasteiger partial charge in [0.05, 0.1) is 23.2 Å². The van der Waals surface area contributed by atoms with Gasteiger partial charge < -0.3 is 5.73 Å². The Kier molecular flexibility index (Phi) is 4.70. The summed E-state index contributed by atoms with van der Waals surface area (Å²) in [6.45, 7) is 1.65. The van der Waals surface area contributed by atoms with E-state index in [1.165, 1.54) is 6.21 Å². The molecule has 1 amide bonds. The van der Waals surface area contributed by atoms with Crippen LogP contribution >= 0.6 is 11.6 Å². The minimum atomic E-state index is -0.433. The van der Waals surface area contributed by atoms with Gasteiger partial charge in [-0.05, 0) is 24.3 Å². The number of nitrogens with zero attached hydrogens (tertiary/aromatic N) is 7. The number of halogens is 1. The Labute approximate surface area is 147 Å². The van der Waals surface area contributed by atoms with Crippen LogP contribution in [0.25, 0.3) is 5.69 Å². The lowest BCUT2D eigenvalue weighted by atomic mass is 10.3. The van der Waals surface area contributed by atoms with Crippen LogP contribution in [0.15, 0.2) is 35.4 Å². The number of hydrogen-bond acceptors (Lipinski definition) is 7. The van der Waals surface area contributed by atoms with Gasteiger partial charge in [-0.3, -0.25) is 4.79 Å². The van der Waals surface area contributed by atoms with Crippen molar-refractivity contribution >= 4 is 29.7 Å². The summed E-state index contributed by atoms with van der Waals surface area (Å²) in [5, 5.41) is 19.4. The highest BCUT2D eigenvalue weighted by molar-refractivity contribution is 6.32. The van der Waals surface area contributed by atoms with Crippen molar-refractivity contribution in [3.8, 4) is 5.69 Å². The first kappa shape index (κ1) is 16.6. The van der Waals surface area contributed by atoms with Gasteiger partial charge in [0.1, 0.15) is 11.7 Å². The van der Waals surface area contributed by atoms with Crippen LogP contribution in [0.1, 0.15) is 11.3 Å². The third-order valence-electron chi connectivity index (χ3n) is 3.18. The summed E-state index contributed by atoms with van der Waals surface area (Å²) < 4.78 is 1.60. The Hall–Kier alpha value is -3.27. The van der Waals surface area contributed by atoms with Gasteiger partial charge in [0.2, 0.25) is 0 Å². The molecule has 0 bridgehead atoms. The average molecular weight is 360 g/mol. The number of aryl methyl sites for hydroxylation is 1. The van der Waals surface area contributed by atoms with Crippen molar-refractivity contribution in [1.29, 1.82) is 0 Å². The summed E-state index contributed by atoms with van der Waals surface area (Å²) >= 11 is 6.36. The van der Waals surface area contributed by atoms with E-state index >= 15 is 0 Å². The van der Waals surface area contributed by atoms with Crippen LogP contribution in [0.3, 0.4) is 0 Å². The first-order valence-electron chi connectivity index (χ1n) is 7.20. The van der Waals surface area contributed by atoms with Crippen molar-refractivity contribution in [2.75, 3.05) is 5.73 Å². The molecule has 2 heterocycles. The van der Waals surface area contributed by atoms with E-state index in [0.29, 0.717) is 16.4 Å². The van der Waals surface area contributed by atoms with Gasteiger partial charge in [0.15, 0.2) is 0 Å². The molecule has 3 rings (SSSR count). The maximum atomic E-state index is 11.8. The molecule has 10 nitrogen and oxygen atoms in total. The Morgan fingerprint density at radius 2 is 2.12 bits per heavy atom. The molecule has 0 aliphatic carbocycles. The smallest absolute Gasteiger partial charge is 0.263 e. The standard InChI is InChI=1S/C14H14ClN9O/c1-9-11(13(15)24(20-9)10-5-3-2-4-6-10)7-17-18-12(25)8-23-21-14(16)19-22-23/h2-7H,8H2,1H3,(H2,16,21)(H,18,25)/b17-7+. The van der Waals surface area contributed by atoms with E-state index in [2.05, 4.69) is 31.0 Å². The number of hydrazone groups is 1. The summed E-state index contributed by atoms with van der Waals surface area (Å²) in [4.78, 5) is 12.8. The molecule has 11 heteroatoms. The number of tetrazole rings is 1. The molecular weight excluding hydrogens is 346 g/mol. The van der Waals surface area contributed by atoms with Crippen LogP contribution in [0.4, 0.5) is 5.95 Å². The summed E-state index contributed by atoms with van der Waals surface area (Å²) in [6.07, 6.45) is 1.44. The number of nitrogens with one attached hydrogen (secondary N) is 1. The van der Waals surface area contributed by atoms with Crippen molar-refractivity contribution in [2.24, 2.45) is 5.10 Å². The molecule has 3 N–H and O–H groups in total. The summed E-state index contributed by atoms with van der Waals surface area (Å²) in [5.41, 5.74) is 9.79. The molecule has 3 aromatic rings. The average Bonchev–Trinajstić information content (AvgIpc) is 3.13. The van der Waals surface area contributed by atoms with Crippen LogP contribution in [0, 0.1) is 6.92 Å². The zero-order valence-corrected chi connectivity index (χ0v) is 13.9. The Bertz CT molecular complexity index is 916. The number of amides is 1. The molecule has 1 aromatic carbocycles. The van der Waals surface area contributed by atoms with Gasteiger partial charge in [0.25, 0.3) is 11.9 Å². The molecule has 0 radical (unpaired) electrons. The minimum Gasteiger partial charge on any atom is -0.365 e. The predicted octanol–water partition coefficient (Wildman–Crippen LogP) is 0.553. The van der Waals surface area contributed by atoms with Crippen LogP contribution in [0.2, 0.25) is 5.15 Å². The van der Waals surface area contributed by atoms with Gasteiger partial charge in [-0.15, -0.1) is 5.10 Å². The normalized spacial score (nSPS) is 11.1. The molecule has 0 fully saturated rings. The van der Waals surface area contributed by atoms with Crippen LogP contribution in [-0.4, -0.2) is 42.1 Å². The first-order valence-corrected chi connectivity index (χ1v) is 7.58. The second-order valence-corrected chi connectivity index (χ2v) is 5.37. The van der Waals surface area contributed by atoms with E-state index in [-0.39, 0.29) is 12.5 Å². The molecule has 0 saturated carbocycles. The fourth-order valence-electron chi connectivity index (χ4n) is 2.05. The van der Waals surface area contributed by atoms with Crippen LogP contribution < -0.4 is 11.2 Å². The van der Waals surface area contributed by atoms with Gasteiger partial charge in [0, 0.05) is 0 Å². The molecule has 0 aliphatic rings. The number of para-hydroxylation sites is 1. The molecule has 0 unspecified atom stereocenters. The lowest BCUT2D eigenvalue weighted by Crippen LogP contribution is -2.24. The highest BCUT2D eigenvalue weighted by Crippen LogP contribution is 2.21. The fraction of sp³-hybridized carbons (Fsp3) is 0.143. The SMILES string of the molecule is Cc1nn(-c2ccccc2)c(Cl)c1/C=N/NC(=O)Cn1nnc(N)n1. The maximum absolute atomic E-state index is 11.8. The maximum Gasteiger partial charge on any atom is 0.263 e. The third-order valence-corrected chi connectivity index (χ3v) is 3.55. The highest BCUT2D eigenvalue weighted by Gasteiger charge is 2.13. The van der Waals surface area contributed by atoms with E-state index in [1.54, 1.807) is 11.6 Å². The lowest BCUT2D eigenvalue weighted by molar-refractivity contribution is -0.122. The molecule has 0 atom stereocenters. The largest absolute Gasteiger partial charge is 0.365 e. The van der Waals surface area contributed by atoms with Gasteiger partial charge in [-0.1, -0.05) is 34.9 Å². The number of carbonyl (C=O) groups is 1. The van der Waals surface area contributed by atoms with Crippen LogP contribution in [-0.2, 0) is 11.3 Å². The quantitative estimate of drug-likeness (QED) is 0.505. The van der Waals surface area contributed by atoms with Crippen molar-refractivity contribution in [3.63, 3.8) is 0 Å². The number of nitrogens with two attached hydrogens (primary N) is 1. The second kappa shape index (κ2) is 7.09. The summed E-state index contributed by atoms with van der Waals surface area (Å²) in [7, 11) is 0. The molecular formula is C14H14ClN9O. The predicted molar refractivity (Wildman–Crippen MR) is 91.3 cm³/mol. The van der Waals surface area contributed by atoms with E-state index < -0.39 is 5.91 Å². The molecule has 2 aromatic heterocycles. The van der Waals surface area contributed by atoms with E-state index in [9.17, 15) is 4.79 Å². The topological polar surface area (TPSA) is 129 Å². The molecule has 0 saturated heterocycles. The number of aromatic nitrogens is 6. The number of benzene rings is 1. The zero-order chi connectivity index (χ0) is 17.8. The number of anilines is 1. The Morgan fingerprint density at radius 3 is 2.80 bits per heavy atom. The highest BCUT2D eigenvalue weighted by atomic mass is 35.5. The molecule has 0 aliphatic heterocycles. The van der Waals surface area contributed by atoms with Gasteiger partial charge in [-0.25, -0.2) is 10.1 Å².